The lowest BCUT2D eigenvalue weighted by atomic mass is 10.5. The standard InChI is InChI=1S/C8H11N5/c1-7-2-3-12(11-7)6-13-5-8(9)4-10-13/h2-5H,6,9H2,1H3. The van der Waals surface area contributed by atoms with E-state index < -0.39 is 0 Å². The molecule has 68 valence electrons. The summed E-state index contributed by atoms with van der Waals surface area (Å²) in [7, 11) is 0. The first-order valence-corrected chi connectivity index (χ1v) is 4.02. The Labute approximate surface area is 75.8 Å². The minimum absolute atomic E-state index is 0.602. The van der Waals surface area contributed by atoms with Gasteiger partial charge in [0.15, 0.2) is 0 Å². The molecule has 2 rings (SSSR count). The molecular formula is C8H11N5. The third-order valence-electron chi connectivity index (χ3n) is 1.72. The molecule has 0 saturated heterocycles. The number of nitrogens with two attached hydrogens (primary N) is 1. The third kappa shape index (κ3) is 1.69. The van der Waals surface area contributed by atoms with Crippen molar-refractivity contribution in [3.63, 3.8) is 0 Å². The average Bonchev–Trinajstić information content (AvgIpc) is 2.62. The number of aryl methyl sites for hydroxylation is 1. The van der Waals surface area contributed by atoms with E-state index in [0.29, 0.717) is 12.4 Å². The van der Waals surface area contributed by atoms with Gasteiger partial charge in [0.1, 0.15) is 6.67 Å². The maximum Gasteiger partial charge on any atom is 0.133 e. The fourth-order valence-electron chi connectivity index (χ4n) is 1.15. The van der Waals surface area contributed by atoms with Gasteiger partial charge in [0.2, 0.25) is 0 Å². The van der Waals surface area contributed by atoms with Crippen molar-refractivity contribution in [2.75, 3.05) is 5.73 Å². The number of aromatic nitrogens is 4. The van der Waals surface area contributed by atoms with E-state index in [1.807, 2.05) is 23.9 Å². The molecule has 0 aliphatic rings. The summed E-state index contributed by atoms with van der Waals surface area (Å²) >= 11 is 0. The molecule has 0 aliphatic heterocycles. The molecule has 0 atom stereocenters. The molecule has 0 saturated carbocycles. The van der Waals surface area contributed by atoms with E-state index in [-0.39, 0.29) is 0 Å². The lowest BCUT2D eigenvalue weighted by Gasteiger charge is -2.00. The van der Waals surface area contributed by atoms with Crippen LogP contribution < -0.4 is 5.73 Å². The fourth-order valence-corrected chi connectivity index (χ4v) is 1.15. The Hall–Kier alpha value is -1.78. The molecule has 0 amide bonds. The topological polar surface area (TPSA) is 61.7 Å². The summed E-state index contributed by atoms with van der Waals surface area (Å²) in [4.78, 5) is 0. The van der Waals surface area contributed by atoms with Gasteiger partial charge in [-0.2, -0.15) is 10.2 Å². The van der Waals surface area contributed by atoms with Crippen LogP contribution in [0.4, 0.5) is 5.69 Å². The van der Waals surface area contributed by atoms with E-state index in [4.69, 9.17) is 5.73 Å². The molecule has 2 aromatic heterocycles. The minimum Gasteiger partial charge on any atom is -0.396 e. The van der Waals surface area contributed by atoms with Crippen LogP contribution in [0.25, 0.3) is 0 Å². The highest BCUT2D eigenvalue weighted by molar-refractivity contribution is 5.30. The molecular weight excluding hydrogens is 166 g/mol. The summed E-state index contributed by atoms with van der Waals surface area (Å²) < 4.78 is 3.55. The van der Waals surface area contributed by atoms with E-state index in [1.54, 1.807) is 17.1 Å². The predicted octanol–water partition coefficient (Wildman–Crippen LogP) is 0.476. The van der Waals surface area contributed by atoms with Gasteiger partial charge in [-0.1, -0.05) is 0 Å². The second-order valence-corrected chi connectivity index (χ2v) is 2.95. The molecule has 0 aliphatic carbocycles. The highest BCUT2D eigenvalue weighted by atomic mass is 15.4. The summed E-state index contributed by atoms with van der Waals surface area (Å²) in [6.07, 6.45) is 5.31. The molecule has 0 aromatic carbocycles. The smallest absolute Gasteiger partial charge is 0.133 e. The summed E-state index contributed by atoms with van der Waals surface area (Å²) in [5.41, 5.74) is 7.19. The normalized spacial score (nSPS) is 10.5. The molecule has 13 heavy (non-hydrogen) atoms. The SMILES string of the molecule is Cc1ccn(Cn2cc(N)cn2)n1. The summed E-state index contributed by atoms with van der Waals surface area (Å²) in [6, 6.07) is 1.95. The van der Waals surface area contributed by atoms with Crippen LogP contribution in [0.5, 0.6) is 0 Å². The van der Waals surface area contributed by atoms with Gasteiger partial charge in [-0.25, -0.2) is 4.68 Å². The van der Waals surface area contributed by atoms with Crippen molar-refractivity contribution in [3.8, 4) is 0 Å². The van der Waals surface area contributed by atoms with Crippen LogP contribution in [-0.4, -0.2) is 19.6 Å². The van der Waals surface area contributed by atoms with Crippen LogP contribution in [0.1, 0.15) is 5.69 Å². The van der Waals surface area contributed by atoms with Crippen molar-refractivity contribution >= 4 is 5.69 Å². The van der Waals surface area contributed by atoms with E-state index in [9.17, 15) is 0 Å². The Morgan fingerprint density at radius 3 is 2.85 bits per heavy atom. The molecule has 2 heterocycles. The quantitative estimate of drug-likeness (QED) is 0.725. The Kier molecular flexibility index (Phi) is 1.77. The third-order valence-corrected chi connectivity index (χ3v) is 1.72. The van der Waals surface area contributed by atoms with Crippen LogP contribution in [0, 0.1) is 6.92 Å². The van der Waals surface area contributed by atoms with E-state index in [1.165, 1.54) is 0 Å². The largest absolute Gasteiger partial charge is 0.396 e. The van der Waals surface area contributed by atoms with E-state index >= 15 is 0 Å². The summed E-state index contributed by atoms with van der Waals surface area (Å²) in [5, 5.41) is 8.28. The minimum atomic E-state index is 0.602. The number of nitrogen functional groups attached to an aromatic ring is 1. The first-order chi connectivity index (χ1) is 6.24. The van der Waals surface area contributed by atoms with Gasteiger partial charge >= 0.3 is 0 Å². The Morgan fingerprint density at radius 2 is 2.31 bits per heavy atom. The molecule has 5 nitrogen and oxygen atoms in total. The molecule has 2 aromatic rings. The maximum atomic E-state index is 5.52. The zero-order valence-electron chi connectivity index (χ0n) is 7.38. The molecule has 5 heteroatoms. The molecule has 2 N–H and O–H groups in total. The van der Waals surface area contributed by atoms with Gasteiger partial charge in [-0.3, -0.25) is 4.68 Å². The lowest BCUT2D eigenvalue weighted by Crippen LogP contribution is -2.08. The average molecular weight is 177 g/mol. The van der Waals surface area contributed by atoms with Crippen LogP contribution >= 0.6 is 0 Å². The molecule has 0 spiro atoms. The predicted molar refractivity (Wildman–Crippen MR) is 49.0 cm³/mol. The van der Waals surface area contributed by atoms with Crippen LogP contribution in [0.3, 0.4) is 0 Å². The Morgan fingerprint density at radius 1 is 1.46 bits per heavy atom. The number of nitrogens with zero attached hydrogens (tertiary/aromatic N) is 4. The zero-order valence-corrected chi connectivity index (χ0v) is 7.38. The number of hydrogen-bond acceptors (Lipinski definition) is 3. The first-order valence-electron chi connectivity index (χ1n) is 4.02. The second-order valence-electron chi connectivity index (χ2n) is 2.95. The number of rotatable bonds is 2. The van der Waals surface area contributed by atoms with Gasteiger partial charge in [-0.05, 0) is 13.0 Å². The van der Waals surface area contributed by atoms with Crippen molar-refractivity contribution < 1.29 is 0 Å². The van der Waals surface area contributed by atoms with Crippen molar-refractivity contribution in [3.05, 3.63) is 30.4 Å². The van der Waals surface area contributed by atoms with Crippen LogP contribution in [0.15, 0.2) is 24.7 Å². The van der Waals surface area contributed by atoms with Crippen LogP contribution in [0.2, 0.25) is 0 Å². The highest BCUT2D eigenvalue weighted by Gasteiger charge is 1.96. The van der Waals surface area contributed by atoms with E-state index in [2.05, 4.69) is 10.2 Å². The highest BCUT2D eigenvalue weighted by Crippen LogP contribution is 1.99. The number of hydrogen-bond donors (Lipinski definition) is 1. The second kappa shape index (κ2) is 2.93. The van der Waals surface area contributed by atoms with Gasteiger partial charge in [0, 0.05) is 6.20 Å². The van der Waals surface area contributed by atoms with Crippen LogP contribution in [-0.2, 0) is 6.67 Å². The van der Waals surface area contributed by atoms with Crippen molar-refractivity contribution in [1.82, 2.24) is 19.6 Å². The molecule has 0 bridgehead atoms. The summed E-state index contributed by atoms with van der Waals surface area (Å²) in [6.45, 7) is 2.55. The van der Waals surface area contributed by atoms with Crippen molar-refractivity contribution in [2.45, 2.75) is 13.6 Å². The van der Waals surface area contributed by atoms with Gasteiger partial charge < -0.3 is 5.73 Å². The Bertz CT molecular complexity index is 362. The van der Waals surface area contributed by atoms with E-state index in [0.717, 1.165) is 5.69 Å². The van der Waals surface area contributed by atoms with Crippen molar-refractivity contribution in [2.24, 2.45) is 0 Å². The summed E-state index contributed by atoms with van der Waals surface area (Å²) in [5.74, 6) is 0. The molecule has 0 unspecified atom stereocenters. The fraction of sp³-hybridized carbons (Fsp3) is 0.250. The monoisotopic (exact) mass is 177 g/mol. The molecule has 0 fully saturated rings. The Balaban J connectivity index is 2.14. The molecule has 0 radical (unpaired) electrons. The number of anilines is 1. The lowest BCUT2D eigenvalue weighted by molar-refractivity contribution is 0.501. The van der Waals surface area contributed by atoms with Crippen molar-refractivity contribution in [1.29, 1.82) is 0 Å². The van der Waals surface area contributed by atoms with Gasteiger partial charge in [0.25, 0.3) is 0 Å². The van der Waals surface area contributed by atoms with Gasteiger partial charge in [-0.15, -0.1) is 0 Å². The zero-order chi connectivity index (χ0) is 9.26. The first kappa shape index (κ1) is 7.85. The maximum absolute atomic E-state index is 5.52. The van der Waals surface area contributed by atoms with Gasteiger partial charge in [0.05, 0.1) is 23.8 Å².